The van der Waals surface area contributed by atoms with E-state index in [0.717, 1.165) is 42.0 Å². The first-order valence-electron chi connectivity index (χ1n) is 12.2. The Kier molecular flexibility index (Phi) is 5.32. The van der Waals surface area contributed by atoms with E-state index < -0.39 is 11.9 Å². The molecule has 3 fully saturated rings. The molecule has 3 unspecified atom stereocenters. The van der Waals surface area contributed by atoms with Crippen molar-refractivity contribution in [2.75, 3.05) is 6.54 Å². The molecule has 3 aliphatic heterocycles. The van der Waals surface area contributed by atoms with Crippen LogP contribution in [0.2, 0.25) is 0 Å². The normalized spacial score (nSPS) is 26.9. The molecule has 8 nitrogen and oxygen atoms in total. The van der Waals surface area contributed by atoms with Crippen LogP contribution in [-0.2, 0) is 16.1 Å². The molecular formula is C26H28N4O4. The largest absolute Gasteiger partial charge is 0.490 e. The van der Waals surface area contributed by atoms with E-state index in [1.165, 1.54) is 12.8 Å². The van der Waals surface area contributed by atoms with Gasteiger partial charge in [-0.1, -0.05) is 6.07 Å². The molecule has 2 saturated heterocycles. The number of hydrogen-bond donors (Lipinski definition) is 2. The number of amides is 3. The number of pyridine rings is 1. The van der Waals surface area contributed by atoms with Gasteiger partial charge in [0.2, 0.25) is 11.8 Å². The van der Waals surface area contributed by atoms with E-state index in [1.807, 2.05) is 36.5 Å². The number of nitrogens with one attached hydrogen (secondary N) is 2. The summed E-state index contributed by atoms with van der Waals surface area (Å²) in [5.74, 6) is 0.189. The molecule has 1 aromatic carbocycles. The van der Waals surface area contributed by atoms with Crippen LogP contribution < -0.4 is 15.4 Å². The van der Waals surface area contributed by atoms with E-state index in [9.17, 15) is 14.4 Å². The molecule has 1 aliphatic carbocycles. The number of aromatic nitrogens is 1. The average Bonchev–Trinajstić information content (AvgIpc) is 3.42. The van der Waals surface area contributed by atoms with Crippen molar-refractivity contribution < 1.29 is 19.1 Å². The van der Waals surface area contributed by atoms with Crippen LogP contribution in [0.3, 0.4) is 0 Å². The second kappa shape index (κ2) is 8.51. The van der Waals surface area contributed by atoms with Gasteiger partial charge < -0.3 is 15.0 Å². The molecule has 6 rings (SSSR count). The zero-order valence-corrected chi connectivity index (χ0v) is 19.0. The minimum atomic E-state index is -0.622. The fourth-order valence-corrected chi connectivity index (χ4v) is 5.69. The maximum Gasteiger partial charge on any atom is 0.255 e. The third-order valence-electron chi connectivity index (χ3n) is 7.61. The lowest BCUT2D eigenvalue weighted by molar-refractivity contribution is -0.136. The van der Waals surface area contributed by atoms with Crippen LogP contribution in [-0.4, -0.2) is 46.3 Å². The van der Waals surface area contributed by atoms with Crippen LogP contribution in [0.15, 0.2) is 36.5 Å². The molecule has 3 atom stereocenters. The van der Waals surface area contributed by atoms with Gasteiger partial charge in [-0.3, -0.25) is 24.7 Å². The summed E-state index contributed by atoms with van der Waals surface area (Å²) in [6.07, 6.45) is 7.03. The Morgan fingerprint density at radius 3 is 2.62 bits per heavy atom. The first-order valence-corrected chi connectivity index (χ1v) is 12.2. The van der Waals surface area contributed by atoms with E-state index in [1.54, 1.807) is 4.90 Å². The summed E-state index contributed by atoms with van der Waals surface area (Å²) in [5.41, 5.74) is 3.49. The fraction of sp³-hybridized carbons (Fsp3) is 0.462. The van der Waals surface area contributed by atoms with Crippen LogP contribution in [0.4, 0.5) is 0 Å². The quantitative estimate of drug-likeness (QED) is 0.666. The van der Waals surface area contributed by atoms with Gasteiger partial charge in [-0.2, -0.15) is 0 Å². The minimum absolute atomic E-state index is 0.00838. The van der Waals surface area contributed by atoms with Gasteiger partial charge in [0.1, 0.15) is 11.8 Å². The van der Waals surface area contributed by atoms with Gasteiger partial charge >= 0.3 is 0 Å². The minimum Gasteiger partial charge on any atom is -0.490 e. The van der Waals surface area contributed by atoms with Crippen molar-refractivity contribution in [3.05, 3.63) is 58.9 Å². The second-order valence-corrected chi connectivity index (χ2v) is 9.72. The van der Waals surface area contributed by atoms with Crippen molar-refractivity contribution in [1.29, 1.82) is 0 Å². The Morgan fingerprint density at radius 1 is 1.06 bits per heavy atom. The molecule has 1 aromatic heterocycles. The van der Waals surface area contributed by atoms with Gasteiger partial charge in [0, 0.05) is 54.5 Å². The van der Waals surface area contributed by atoms with Gasteiger partial charge in [0.15, 0.2) is 0 Å². The summed E-state index contributed by atoms with van der Waals surface area (Å²) >= 11 is 0. The third-order valence-corrected chi connectivity index (χ3v) is 7.61. The Labute approximate surface area is 198 Å². The lowest BCUT2D eigenvalue weighted by Crippen LogP contribution is -2.52. The number of rotatable bonds is 5. The maximum atomic E-state index is 13.4. The predicted octanol–water partition coefficient (Wildman–Crippen LogP) is 2.59. The van der Waals surface area contributed by atoms with Crippen LogP contribution in [0.25, 0.3) is 0 Å². The lowest BCUT2D eigenvalue weighted by atomic mass is 9.82. The fourth-order valence-electron chi connectivity index (χ4n) is 5.69. The molecule has 0 spiro atoms. The van der Waals surface area contributed by atoms with Gasteiger partial charge in [-0.05, 0) is 61.9 Å². The summed E-state index contributed by atoms with van der Waals surface area (Å²) in [5, 5.41) is 5.89. The van der Waals surface area contributed by atoms with Crippen molar-refractivity contribution in [1.82, 2.24) is 20.5 Å². The highest BCUT2D eigenvalue weighted by atomic mass is 16.5. The number of piperidine rings is 1. The molecule has 1 saturated carbocycles. The number of ether oxygens (including phenoxy) is 1. The van der Waals surface area contributed by atoms with Gasteiger partial charge in [0.25, 0.3) is 5.91 Å². The Bertz CT molecular complexity index is 1140. The summed E-state index contributed by atoms with van der Waals surface area (Å²) in [7, 11) is 0. The number of hydrogen-bond acceptors (Lipinski definition) is 6. The highest BCUT2D eigenvalue weighted by Gasteiger charge is 2.42. The standard InChI is InChI=1S/C26H28N4O4/c31-23-9-8-21(25(32)29-23)30-14-15-11-22(34-16-5-1-2-6-16)18(12-17(15)26(30)33)24-19(13-28-24)20-7-3-4-10-27-20/h3-4,7,10-12,16,19,21,24,28H,1-2,5-6,8-9,13-14H2,(H,29,31,32). The van der Waals surface area contributed by atoms with Crippen LogP contribution in [0.1, 0.15) is 77.7 Å². The molecule has 0 radical (unpaired) electrons. The maximum absolute atomic E-state index is 13.4. The molecule has 4 heterocycles. The van der Waals surface area contributed by atoms with E-state index in [-0.39, 0.29) is 36.3 Å². The number of carbonyl (C=O) groups is 3. The molecule has 0 bridgehead atoms. The number of benzene rings is 1. The highest BCUT2D eigenvalue weighted by molar-refractivity contribution is 6.05. The van der Waals surface area contributed by atoms with Gasteiger partial charge in [0.05, 0.1) is 6.10 Å². The number of fused-ring (bicyclic) bond motifs is 1. The molecule has 3 amide bonds. The van der Waals surface area contributed by atoms with E-state index in [0.29, 0.717) is 18.5 Å². The van der Waals surface area contributed by atoms with Gasteiger partial charge in [-0.15, -0.1) is 0 Å². The zero-order chi connectivity index (χ0) is 23.2. The molecular weight excluding hydrogens is 432 g/mol. The van der Waals surface area contributed by atoms with Gasteiger partial charge in [-0.25, -0.2) is 0 Å². The molecule has 2 aromatic rings. The average molecular weight is 461 g/mol. The third kappa shape index (κ3) is 3.66. The summed E-state index contributed by atoms with van der Waals surface area (Å²) in [6.45, 7) is 1.17. The predicted molar refractivity (Wildman–Crippen MR) is 123 cm³/mol. The van der Waals surface area contributed by atoms with Crippen molar-refractivity contribution in [2.24, 2.45) is 0 Å². The SMILES string of the molecule is O=C1CCC(N2Cc3cc(OC4CCCC4)c(C4NCC4c4ccccn4)cc3C2=O)C(=O)N1. The number of carbonyl (C=O) groups excluding carboxylic acids is 3. The Balaban J connectivity index is 1.34. The Hall–Kier alpha value is -3.26. The zero-order valence-electron chi connectivity index (χ0n) is 19.0. The Morgan fingerprint density at radius 2 is 1.91 bits per heavy atom. The molecule has 176 valence electrons. The summed E-state index contributed by atoms with van der Waals surface area (Å²) in [6, 6.07) is 9.30. The van der Waals surface area contributed by atoms with Crippen LogP contribution >= 0.6 is 0 Å². The van der Waals surface area contributed by atoms with E-state index >= 15 is 0 Å². The highest BCUT2D eigenvalue weighted by Crippen LogP contribution is 2.44. The first kappa shape index (κ1) is 21.3. The van der Waals surface area contributed by atoms with Crippen molar-refractivity contribution >= 4 is 17.7 Å². The monoisotopic (exact) mass is 460 g/mol. The van der Waals surface area contributed by atoms with Crippen molar-refractivity contribution in [3.8, 4) is 5.75 Å². The van der Waals surface area contributed by atoms with Crippen molar-refractivity contribution in [2.45, 2.75) is 69.2 Å². The van der Waals surface area contributed by atoms with Crippen LogP contribution in [0.5, 0.6) is 5.75 Å². The van der Waals surface area contributed by atoms with Crippen molar-refractivity contribution in [3.63, 3.8) is 0 Å². The summed E-state index contributed by atoms with van der Waals surface area (Å²) in [4.78, 5) is 43.6. The van der Waals surface area contributed by atoms with Crippen LogP contribution in [0, 0.1) is 0 Å². The molecule has 34 heavy (non-hydrogen) atoms. The van der Waals surface area contributed by atoms with E-state index in [4.69, 9.17) is 4.74 Å². The molecule has 2 N–H and O–H groups in total. The second-order valence-electron chi connectivity index (χ2n) is 9.72. The molecule has 4 aliphatic rings. The topological polar surface area (TPSA) is 101 Å². The summed E-state index contributed by atoms with van der Waals surface area (Å²) < 4.78 is 6.51. The number of imide groups is 1. The molecule has 8 heteroatoms. The first-order chi connectivity index (χ1) is 16.6. The smallest absolute Gasteiger partial charge is 0.255 e. The lowest BCUT2D eigenvalue weighted by Gasteiger charge is -2.39. The number of nitrogens with zero attached hydrogens (tertiary/aromatic N) is 2. The van der Waals surface area contributed by atoms with E-state index in [2.05, 4.69) is 15.6 Å².